The van der Waals surface area contributed by atoms with E-state index in [1.807, 2.05) is 0 Å². The maximum absolute atomic E-state index is 11.6. The molecule has 1 unspecified atom stereocenters. The molecule has 0 saturated carbocycles. The Morgan fingerprint density at radius 2 is 2.32 bits per heavy atom. The Kier molecular flexibility index (Phi) is 6.46. The van der Waals surface area contributed by atoms with Crippen molar-refractivity contribution >= 4 is 35.8 Å². The molecule has 19 heavy (non-hydrogen) atoms. The van der Waals surface area contributed by atoms with Crippen LogP contribution in [0.15, 0.2) is 23.6 Å². The molecule has 2 rings (SSSR count). The van der Waals surface area contributed by atoms with E-state index in [1.165, 1.54) is 18.6 Å². The maximum atomic E-state index is 11.6. The molecule has 0 spiro atoms. The van der Waals surface area contributed by atoms with E-state index in [2.05, 4.69) is 37.8 Å². The van der Waals surface area contributed by atoms with Crippen molar-refractivity contribution < 1.29 is 4.79 Å². The number of nitrogens with one attached hydrogen (secondary N) is 3. The summed E-state index contributed by atoms with van der Waals surface area (Å²) in [5, 5.41) is 9.03. The maximum Gasteiger partial charge on any atom is 0.271 e. The van der Waals surface area contributed by atoms with Gasteiger partial charge >= 0.3 is 0 Å². The highest BCUT2D eigenvalue weighted by molar-refractivity contribution is 14.0. The molecular weight excluding hydrogens is 359 g/mol. The smallest absolute Gasteiger partial charge is 0.271 e. The first-order chi connectivity index (χ1) is 8.75. The van der Waals surface area contributed by atoms with Gasteiger partial charge in [0, 0.05) is 31.5 Å². The van der Waals surface area contributed by atoms with Crippen molar-refractivity contribution in [1.82, 2.24) is 25.9 Å². The van der Waals surface area contributed by atoms with Crippen LogP contribution in [-0.2, 0) is 0 Å². The predicted molar refractivity (Wildman–Crippen MR) is 82.7 cm³/mol. The van der Waals surface area contributed by atoms with E-state index in [4.69, 9.17) is 0 Å². The van der Waals surface area contributed by atoms with Crippen LogP contribution >= 0.6 is 24.0 Å². The second-order valence-electron chi connectivity index (χ2n) is 4.01. The van der Waals surface area contributed by atoms with Crippen LogP contribution in [0.1, 0.15) is 17.4 Å². The van der Waals surface area contributed by atoms with Gasteiger partial charge in [0.05, 0.1) is 12.7 Å². The molecule has 8 heteroatoms. The van der Waals surface area contributed by atoms with Crippen molar-refractivity contribution in [2.75, 3.05) is 19.6 Å². The Morgan fingerprint density at radius 1 is 1.47 bits per heavy atom. The molecule has 0 fully saturated rings. The number of hydrogen-bond acceptors (Lipinski definition) is 6. The van der Waals surface area contributed by atoms with Crippen molar-refractivity contribution in [3.63, 3.8) is 0 Å². The Bertz CT molecular complexity index is 438. The molecular formula is C11H17IN6O. The van der Waals surface area contributed by atoms with Crippen molar-refractivity contribution in [3.05, 3.63) is 24.3 Å². The number of carbonyl (C=O) groups excluding carboxylic acids is 1. The largest absolute Gasteiger partial charge is 0.355 e. The SMILES string of the molecule is CC1CN=C(NCCNC(=O)c2cnccn2)N1.I. The Labute approximate surface area is 128 Å². The lowest BCUT2D eigenvalue weighted by molar-refractivity contribution is 0.0949. The quantitative estimate of drug-likeness (QED) is 0.499. The molecule has 0 saturated heterocycles. The lowest BCUT2D eigenvalue weighted by Crippen LogP contribution is -2.41. The normalized spacial score (nSPS) is 16.9. The number of hydrogen-bond donors (Lipinski definition) is 3. The summed E-state index contributed by atoms with van der Waals surface area (Å²) in [5.74, 6) is 0.566. The highest BCUT2D eigenvalue weighted by atomic mass is 127. The number of rotatable bonds is 4. The number of aromatic nitrogens is 2. The Morgan fingerprint density at radius 3 is 2.95 bits per heavy atom. The van der Waals surface area contributed by atoms with Gasteiger partial charge in [-0.2, -0.15) is 0 Å². The molecule has 0 aromatic carbocycles. The third-order valence-corrected chi connectivity index (χ3v) is 2.41. The summed E-state index contributed by atoms with van der Waals surface area (Å²) < 4.78 is 0. The number of guanidine groups is 1. The van der Waals surface area contributed by atoms with E-state index < -0.39 is 0 Å². The van der Waals surface area contributed by atoms with Crippen LogP contribution in [0, 0.1) is 0 Å². The average molecular weight is 376 g/mol. The van der Waals surface area contributed by atoms with Crippen LogP contribution in [0.25, 0.3) is 0 Å². The van der Waals surface area contributed by atoms with Gasteiger partial charge < -0.3 is 16.0 Å². The Hall–Kier alpha value is -1.45. The molecule has 0 radical (unpaired) electrons. The molecule has 1 aromatic heterocycles. The molecule has 1 amide bonds. The van der Waals surface area contributed by atoms with Crippen molar-refractivity contribution in [1.29, 1.82) is 0 Å². The van der Waals surface area contributed by atoms with Gasteiger partial charge in [0.2, 0.25) is 0 Å². The molecule has 1 aliphatic rings. The summed E-state index contributed by atoms with van der Waals surface area (Å²) in [6.45, 7) is 3.97. The van der Waals surface area contributed by atoms with Crippen LogP contribution in [-0.4, -0.2) is 47.5 Å². The van der Waals surface area contributed by atoms with Gasteiger partial charge in [-0.3, -0.25) is 14.8 Å². The zero-order chi connectivity index (χ0) is 12.8. The van der Waals surface area contributed by atoms with Crippen molar-refractivity contribution in [2.24, 2.45) is 4.99 Å². The highest BCUT2D eigenvalue weighted by Crippen LogP contribution is 1.91. The van der Waals surface area contributed by atoms with E-state index in [0.29, 0.717) is 24.8 Å². The predicted octanol–water partition coefficient (Wildman–Crippen LogP) is -0.238. The fourth-order valence-corrected chi connectivity index (χ4v) is 1.52. The highest BCUT2D eigenvalue weighted by Gasteiger charge is 2.11. The lowest BCUT2D eigenvalue weighted by atomic mass is 10.4. The topological polar surface area (TPSA) is 91.3 Å². The van der Waals surface area contributed by atoms with Gasteiger partial charge in [-0.05, 0) is 6.92 Å². The van der Waals surface area contributed by atoms with E-state index in [1.54, 1.807) is 0 Å². The number of carbonyl (C=O) groups is 1. The number of halogens is 1. The summed E-state index contributed by atoms with van der Waals surface area (Å²) in [5.41, 5.74) is 0.322. The summed E-state index contributed by atoms with van der Waals surface area (Å²) >= 11 is 0. The van der Waals surface area contributed by atoms with Gasteiger partial charge in [-0.1, -0.05) is 0 Å². The molecule has 3 N–H and O–H groups in total. The van der Waals surface area contributed by atoms with Crippen molar-refractivity contribution in [2.45, 2.75) is 13.0 Å². The van der Waals surface area contributed by atoms with E-state index in [0.717, 1.165) is 12.5 Å². The Balaban J connectivity index is 0.00000180. The van der Waals surface area contributed by atoms with Crippen LogP contribution in [0.5, 0.6) is 0 Å². The van der Waals surface area contributed by atoms with Crippen LogP contribution in [0.4, 0.5) is 0 Å². The standard InChI is InChI=1S/C11H16N6O.HI/c1-8-6-16-11(17-8)15-5-4-14-10(18)9-7-12-2-3-13-9;/h2-3,7-8H,4-6H2,1H3,(H,14,18)(H2,15,16,17);1H. The number of aliphatic imine (C=N–C) groups is 1. The number of nitrogens with zero attached hydrogens (tertiary/aromatic N) is 3. The first kappa shape index (κ1) is 15.6. The van der Waals surface area contributed by atoms with Crippen molar-refractivity contribution in [3.8, 4) is 0 Å². The van der Waals surface area contributed by atoms with E-state index in [-0.39, 0.29) is 29.9 Å². The summed E-state index contributed by atoms with van der Waals surface area (Å²) in [6, 6.07) is 0.377. The third kappa shape index (κ3) is 4.97. The van der Waals surface area contributed by atoms with Gasteiger partial charge in [-0.25, -0.2) is 4.98 Å². The lowest BCUT2D eigenvalue weighted by Gasteiger charge is -2.09. The average Bonchev–Trinajstić information content (AvgIpc) is 2.81. The molecule has 0 aliphatic carbocycles. The molecule has 0 bridgehead atoms. The minimum absolute atomic E-state index is 0. The monoisotopic (exact) mass is 376 g/mol. The van der Waals surface area contributed by atoms with Crippen LogP contribution < -0.4 is 16.0 Å². The molecule has 1 aromatic rings. The van der Waals surface area contributed by atoms with Crippen LogP contribution in [0.2, 0.25) is 0 Å². The summed E-state index contributed by atoms with van der Waals surface area (Å²) in [6.07, 6.45) is 4.46. The zero-order valence-electron chi connectivity index (χ0n) is 10.6. The molecule has 2 heterocycles. The summed E-state index contributed by atoms with van der Waals surface area (Å²) in [7, 11) is 0. The fraction of sp³-hybridized carbons (Fsp3) is 0.455. The fourth-order valence-electron chi connectivity index (χ4n) is 1.52. The van der Waals surface area contributed by atoms with E-state index >= 15 is 0 Å². The first-order valence-electron chi connectivity index (χ1n) is 5.85. The van der Waals surface area contributed by atoms with Gasteiger partial charge in [0.1, 0.15) is 5.69 Å². The second-order valence-corrected chi connectivity index (χ2v) is 4.01. The molecule has 104 valence electrons. The van der Waals surface area contributed by atoms with Gasteiger partial charge in [0.15, 0.2) is 5.96 Å². The molecule has 7 nitrogen and oxygen atoms in total. The zero-order valence-corrected chi connectivity index (χ0v) is 12.9. The molecule has 1 aliphatic heterocycles. The third-order valence-electron chi connectivity index (χ3n) is 2.41. The first-order valence-corrected chi connectivity index (χ1v) is 5.85. The second kappa shape index (κ2) is 7.87. The minimum Gasteiger partial charge on any atom is -0.355 e. The van der Waals surface area contributed by atoms with Crippen LogP contribution in [0.3, 0.4) is 0 Å². The minimum atomic E-state index is -0.223. The summed E-state index contributed by atoms with van der Waals surface area (Å²) in [4.78, 5) is 23.6. The van der Waals surface area contributed by atoms with Gasteiger partial charge in [0.25, 0.3) is 5.91 Å². The molecule has 1 atom stereocenters. The van der Waals surface area contributed by atoms with E-state index in [9.17, 15) is 4.79 Å². The van der Waals surface area contributed by atoms with Gasteiger partial charge in [-0.15, -0.1) is 24.0 Å². The number of amides is 1.